The van der Waals surface area contributed by atoms with Gasteiger partial charge < -0.3 is 10.3 Å². The van der Waals surface area contributed by atoms with Crippen LogP contribution in [0.2, 0.25) is 5.02 Å². The Bertz CT molecular complexity index is 745. The molecule has 2 aliphatic rings. The van der Waals surface area contributed by atoms with Crippen LogP contribution in [0, 0.1) is 5.21 Å². The number of hydrogen-bond acceptors (Lipinski definition) is 4. The summed E-state index contributed by atoms with van der Waals surface area (Å²) in [4.78, 5) is 0. The first-order valence-electron chi connectivity index (χ1n) is 6.56. The van der Waals surface area contributed by atoms with Crippen molar-refractivity contribution in [2.75, 3.05) is 10.0 Å². The average Bonchev–Trinajstić information content (AvgIpc) is 2.98. The zero-order valence-electron chi connectivity index (χ0n) is 11.0. The van der Waals surface area contributed by atoms with Crippen LogP contribution in [0.4, 0.5) is 11.4 Å². The molecule has 0 saturated heterocycles. The van der Waals surface area contributed by atoms with E-state index in [4.69, 9.17) is 11.6 Å². The highest BCUT2D eigenvalue weighted by atomic mass is 35.5. The van der Waals surface area contributed by atoms with Crippen molar-refractivity contribution in [2.45, 2.75) is 6.42 Å². The number of hydrogen-bond donors (Lipinski definition) is 2. The Balaban J connectivity index is 1.79. The molecule has 0 bridgehead atoms. The van der Waals surface area contributed by atoms with E-state index >= 15 is 0 Å². The van der Waals surface area contributed by atoms with E-state index in [1.54, 1.807) is 29.3 Å². The summed E-state index contributed by atoms with van der Waals surface area (Å²) in [6.07, 6.45) is 0.553. The van der Waals surface area contributed by atoms with Gasteiger partial charge in [-0.3, -0.25) is 0 Å². The second-order valence-electron chi connectivity index (χ2n) is 5.01. The van der Waals surface area contributed by atoms with Crippen molar-refractivity contribution < 1.29 is 10.4 Å². The SMILES string of the molecule is [O-][NH+]1N(c2ccc(Cl)cc2)C(O)=C2Cc3ccccc3N21. The summed E-state index contributed by atoms with van der Waals surface area (Å²) in [5.41, 5.74) is 3.10. The minimum absolute atomic E-state index is 0.0153. The number of halogens is 1. The van der Waals surface area contributed by atoms with Crippen LogP contribution in [-0.4, -0.2) is 5.11 Å². The first-order chi connectivity index (χ1) is 10.2. The molecular weight excluding hydrogens is 290 g/mol. The Kier molecular flexibility index (Phi) is 2.62. The highest BCUT2D eigenvalue weighted by Gasteiger charge is 2.43. The summed E-state index contributed by atoms with van der Waals surface area (Å²) in [6.45, 7) is 0. The van der Waals surface area contributed by atoms with E-state index in [1.807, 2.05) is 24.3 Å². The predicted molar refractivity (Wildman–Crippen MR) is 80.5 cm³/mol. The Morgan fingerprint density at radius 1 is 1.05 bits per heavy atom. The van der Waals surface area contributed by atoms with E-state index in [1.165, 1.54) is 5.01 Å². The number of benzene rings is 2. The lowest BCUT2D eigenvalue weighted by atomic mass is 10.1. The normalized spacial score (nSPS) is 20.0. The van der Waals surface area contributed by atoms with E-state index in [0.29, 0.717) is 22.8 Å². The summed E-state index contributed by atoms with van der Waals surface area (Å²) in [7, 11) is 0. The fourth-order valence-electron chi connectivity index (χ4n) is 2.82. The molecule has 0 radical (unpaired) electrons. The van der Waals surface area contributed by atoms with Gasteiger partial charge in [0.05, 0.1) is 0 Å². The summed E-state index contributed by atoms with van der Waals surface area (Å²) >= 11 is 5.87. The van der Waals surface area contributed by atoms with E-state index in [9.17, 15) is 10.3 Å². The number of rotatable bonds is 1. The number of anilines is 2. The monoisotopic (exact) mass is 301 g/mol. The lowest BCUT2D eigenvalue weighted by Gasteiger charge is -2.32. The van der Waals surface area contributed by atoms with Gasteiger partial charge in [0.25, 0.3) is 5.88 Å². The molecule has 2 N–H and O–H groups in total. The number of quaternary nitrogens is 1. The highest BCUT2D eigenvalue weighted by Crippen LogP contribution is 2.36. The highest BCUT2D eigenvalue weighted by molar-refractivity contribution is 6.30. The van der Waals surface area contributed by atoms with E-state index in [-0.39, 0.29) is 11.2 Å². The molecular formula is C15H12ClN3O2. The van der Waals surface area contributed by atoms with Crippen LogP contribution >= 0.6 is 11.6 Å². The molecule has 1 unspecified atom stereocenters. The Morgan fingerprint density at radius 2 is 1.76 bits per heavy atom. The maximum atomic E-state index is 12.7. The molecule has 6 heteroatoms. The topological polar surface area (TPSA) is 54.2 Å². The van der Waals surface area contributed by atoms with Crippen molar-refractivity contribution in [1.82, 2.24) is 0 Å². The first kappa shape index (κ1) is 12.5. The molecule has 0 spiro atoms. The standard InChI is InChI=1S/C15H12ClN3O2/c16-11-5-7-12(8-6-11)17-15(20)14-9-10-3-1-2-4-13(10)18(14)19(17)21/h1-8,19-20H,9H2. The summed E-state index contributed by atoms with van der Waals surface area (Å²) in [5, 5.41) is 26.3. The molecule has 4 rings (SSSR count). The largest absolute Gasteiger partial charge is 0.581 e. The molecule has 5 nitrogen and oxygen atoms in total. The van der Waals surface area contributed by atoms with Gasteiger partial charge in [-0.25, -0.2) is 0 Å². The number of fused-ring (bicyclic) bond motifs is 3. The van der Waals surface area contributed by atoms with Gasteiger partial charge in [0.1, 0.15) is 17.1 Å². The third kappa shape index (κ3) is 1.72. The van der Waals surface area contributed by atoms with Crippen molar-refractivity contribution in [1.29, 1.82) is 0 Å². The third-order valence-corrected chi connectivity index (χ3v) is 4.05. The van der Waals surface area contributed by atoms with Gasteiger partial charge in [-0.05, 0) is 35.9 Å². The maximum absolute atomic E-state index is 12.7. The minimum Gasteiger partial charge on any atom is -0.581 e. The fraction of sp³-hybridized carbons (Fsp3) is 0.0667. The van der Waals surface area contributed by atoms with Crippen LogP contribution in [0.15, 0.2) is 60.1 Å². The van der Waals surface area contributed by atoms with Crippen LogP contribution in [0.1, 0.15) is 5.56 Å². The minimum atomic E-state index is -0.269. The molecule has 2 aromatic rings. The van der Waals surface area contributed by atoms with E-state index < -0.39 is 0 Å². The van der Waals surface area contributed by atoms with Gasteiger partial charge >= 0.3 is 0 Å². The second-order valence-corrected chi connectivity index (χ2v) is 5.44. The van der Waals surface area contributed by atoms with E-state index in [2.05, 4.69) is 0 Å². The molecule has 0 aromatic heterocycles. The van der Waals surface area contributed by atoms with Gasteiger partial charge in [-0.15, -0.1) is 5.01 Å². The van der Waals surface area contributed by atoms with Crippen LogP contribution < -0.4 is 15.3 Å². The van der Waals surface area contributed by atoms with Crippen LogP contribution in [0.3, 0.4) is 0 Å². The van der Waals surface area contributed by atoms with Gasteiger partial charge in [0.2, 0.25) is 0 Å². The van der Waals surface area contributed by atoms with Crippen molar-refractivity contribution >= 4 is 23.0 Å². The molecule has 106 valence electrons. The first-order valence-corrected chi connectivity index (χ1v) is 6.94. The number of nitrogens with one attached hydrogen (secondary N) is 1. The lowest BCUT2D eigenvalue weighted by molar-refractivity contribution is -0.853. The maximum Gasteiger partial charge on any atom is 0.268 e. The summed E-state index contributed by atoms with van der Waals surface area (Å²) < 4.78 is 0. The predicted octanol–water partition coefficient (Wildman–Crippen LogP) is 2.16. The quantitative estimate of drug-likeness (QED) is 0.793. The van der Waals surface area contributed by atoms with Crippen LogP contribution in [0.5, 0.6) is 0 Å². The molecule has 1 atom stereocenters. The van der Waals surface area contributed by atoms with Crippen molar-refractivity contribution in [2.24, 2.45) is 0 Å². The number of para-hydroxylation sites is 1. The molecule has 2 heterocycles. The van der Waals surface area contributed by atoms with Crippen LogP contribution in [0.25, 0.3) is 0 Å². The Labute approximate surface area is 126 Å². The molecule has 0 amide bonds. The van der Waals surface area contributed by atoms with Crippen molar-refractivity contribution in [3.8, 4) is 0 Å². The number of nitrogens with zero attached hydrogens (tertiary/aromatic N) is 2. The number of aliphatic hydroxyl groups excluding tert-OH is 1. The van der Waals surface area contributed by atoms with Crippen LogP contribution in [-0.2, 0) is 6.42 Å². The van der Waals surface area contributed by atoms with Gasteiger partial charge in [0, 0.05) is 11.4 Å². The summed E-state index contributed by atoms with van der Waals surface area (Å²) in [5.74, 6) is -0.0153. The van der Waals surface area contributed by atoms with Crippen molar-refractivity contribution in [3.05, 3.63) is 75.9 Å². The zero-order valence-corrected chi connectivity index (χ0v) is 11.7. The lowest BCUT2D eigenvalue weighted by Crippen LogP contribution is -3.18. The molecule has 0 aliphatic carbocycles. The van der Waals surface area contributed by atoms with Crippen molar-refractivity contribution in [3.63, 3.8) is 0 Å². The number of allylic oxidation sites excluding steroid dienone is 1. The molecule has 0 saturated carbocycles. The summed E-state index contributed by atoms with van der Waals surface area (Å²) in [6, 6.07) is 14.5. The van der Waals surface area contributed by atoms with Gasteiger partial charge in [0.15, 0.2) is 0 Å². The average molecular weight is 302 g/mol. The van der Waals surface area contributed by atoms with Gasteiger partial charge in [-0.1, -0.05) is 29.8 Å². The zero-order chi connectivity index (χ0) is 14.6. The molecule has 2 aliphatic heterocycles. The van der Waals surface area contributed by atoms with E-state index in [0.717, 1.165) is 11.3 Å². The number of aliphatic hydroxyl groups is 1. The molecule has 0 fully saturated rings. The smallest absolute Gasteiger partial charge is 0.268 e. The molecule has 21 heavy (non-hydrogen) atoms. The fourth-order valence-corrected chi connectivity index (χ4v) is 2.95. The Morgan fingerprint density at radius 3 is 2.52 bits per heavy atom. The third-order valence-electron chi connectivity index (χ3n) is 3.80. The van der Waals surface area contributed by atoms with Gasteiger partial charge in [-0.2, -0.15) is 10.3 Å². The molecule has 2 aromatic carbocycles. The Hall–Kier alpha value is -2.21. The second kappa shape index (κ2) is 4.39.